The Labute approximate surface area is 100 Å². The summed E-state index contributed by atoms with van der Waals surface area (Å²) in [6.45, 7) is 5.20. The molecule has 1 fully saturated rings. The molecule has 0 radical (unpaired) electrons. The molecule has 1 amide bonds. The van der Waals surface area contributed by atoms with Gasteiger partial charge in [-0.25, -0.2) is 9.59 Å². The van der Waals surface area contributed by atoms with Gasteiger partial charge in [-0.1, -0.05) is 6.08 Å². The van der Waals surface area contributed by atoms with Crippen LogP contribution in [0.3, 0.4) is 0 Å². The first-order valence-electron chi connectivity index (χ1n) is 5.67. The molecule has 0 atom stereocenters. The molecule has 1 rings (SSSR count). The van der Waals surface area contributed by atoms with Crippen LogP contribution in [-0.4, -0.2) is 66.3 Å². The van der Waals surface area contributed by atoms with Crippen molar-refractivity contribution in [1.82, 2.24) is 9.80 Å². The van der Waals surface area contributed by atoms with Gasteiger partial charge in [0.1, 0.15) is 0 Å². The summed E-state index contributed by atoms with van der Waals surface area (Å²) >= 11 is 0. The SMILES string of the molecule is CCOC(=O)C=CCN1CCN(C(=O)O)CC1. The Morgan fingerprint density at radius 2 is 1.94 bits per heavy atom. The highest BCUT2D eigenvalue weighted by Gasteiger charge is 2.19. The third-order valence-corrected chi connectivity index (χ3v) is 2.55. The van der Waals surface area contributed by atoms with E-state index < -0.39 is 6.09 Å². The third-order valence-electron chi connectivity index (χ3n) is 2.55. The van der Waals surface area contributed by atoms with E-state index in [1.165, 1.54) is 11.0 Å². The van der Waals surface area contributed by atoms with Gasteiger partial charge in [0, 0.05) is 38.8 Å². The van der Waals surface area contributed by atoms with Gasteiger partial charge >= 0.3 is 12.1 Å². The minimum atomic E-state index is -0.869. The van der Waals surface area contributed by atoms with Gasteiger partial charge in [0.2, 0.25) is 0 Å². The number of hydrogen-bond acceptors (Lipinski definition) is 4. The zero-order valence-electron chi connectivity index (χ0n) is 9.96. The van der Waals surface area contributed by atoms with Crippen molar-refractivity contribution in [1.29, 1.82) is 0 Å². The van der Waals surface area contributed by atoms with E-state index in [9.17, 15) is 9.59 Å². The molecule has 0 unspecified atom stereocenters. The van der Waals surface area contributed by atoms with Gasteiger partial charge < -0.3 is 14.7 Å². The second-order valence-electron chi connectivity index (χ2n) is 3.72. The smallest absolute Gasteiger partial charge is 0.407 e. The Hall–Kier alpha value is -1.56. The lowest BCUT2D eigenvalue weighted by molar-refractivity contribution is -0.137. The average Bonchev–Trinajstić information content (AvgIpc) is 2.30. The van der Waals surface area contributed by atoms with Gasteiger partial charge in [0.15, 0.2) is 0 Å². The maximum Gasteiger partial charge on any atom is 0.407 e. The van der Waals surface area contributed by atoms with Crippen molar-refractivity contribution in [2.75, 3.05) is 39.3 Å². The van der Waals surface area contributed by atoms with E-state index >= 15 is 0 Å². The molecule has 1 N–H and O–H groups in total. The molecule has 6 nitrogen and oxygen atoms in total. The predicted molar refractivity (Wildman–Crippen MR) is 61.8 cm³/mol. The summed E-state index contributed by atoms with van der Waals surface area (Å²) < 4.78 is 4.75. The van der Waals surface area contributed by atoms with Crippen LogP contribution in [0.5, 0.6) is 0 Å². The van der Waals surface area contributed by atoms with Gasteiger partial charge in [0.25, 0.3) is 0 Å². The predicted octanol–water partition coefficient (Wildman–Crippen LogP) is 0.401. The number of amides is 1. The summed E-state index contributed by atoms with van der Waals surface area (Å²) in [5.74, 6) is -0.336. The van der Waals surface area contributed by atoms with Crippen LogP contribution in [0.25, 0.3) is 0 Å². The van der Waals surface area contributed by atoms with E-state index in [4.69, 9.17) is 9.84 Å². The van der Waals surface area contributed by atoms with Gasteiger partial charge in [-0.05, 0) is 6.92 Å². The van der Waals surface area contributed by atoms with Crippen molar-refractivity contribution in [3.8, 4) is 0 Å². The molecule has 96 valence electrons. The molecule has 1 aliphatic rings. The lowest BCUT2D eigenvalue weighted by Crippen LogP contribution is -2.48. The monoisotopic (exact) mass is 242 g/mol. The Morgan fingerprint density at radius 1 is 1.29 bits per heavy atom. The average molecular weight is 242 g/mol. The Kier molecular flexibility index (Phi) is 5.48. The maximum atomic E-state index is 11.0. The molecule has 1 heterocycles. The minimum Gasteiger partial charge on any atom is -0.465 e. The maximum absolute atomic E-state index is 11.0. The summed E-state index contributed by atoms with van der Waals surface area (Å²) in [5, 5.41) is 8.76. The molecule has 0 aromatic heterocycles. The van der Waals surface area contributed by atoms with E-state index in [2.05, 4.69) is 4.90 Å². The third kappa shape index (κ3) is 4.86. The van der Waals surface area contributed by atoms with Crippen LogP contribution in [0.2, 0.25) is 0 Å². The highest BCUT2D eigenvalue weighted by molar-refractivity contribution is 5.81. The molecule has 17 heavy (non-hydrogen) atoms. The zero-order valence-corrected chi connectivity index (χ0v) is 9.96. The lowest BCUT2D eigenvalue weighted by atomic mass is 10.3. The molecule has 0 aliphatic carbocycles. The summed E-state index contributed by atoms with van der Waals surface area (Å²) in [5.41, 5.74) is 0. The van der Waals surface area contributed by atoms with Crippen molar-refractivity contribution < 1.29 is 19.4 Å². The van der Waals surface area contributed by atoms with Crippen LogP contribution in [0.15, 0.2) is 12.2 Å². The molecule has 0 aromatic carbocycles. The van der Waals surface area contributed by atoms with Crippen LogP contribution in [-0.2, 0) is 9.53 Å². The number of carbonyl (C=O) groups excluding carboxylic acids is 1. The summed E-state index contributed by atoms with van der Waals surface area (Å²) in [4.78, 5) is 25.2. The lowest BCUT2D eigenvalue weighted by Gasteiger charge is -2.32. The van der Waals surface area contributed by atoms with E-state index in [0.29, 0.717) is 39.3 Å². The highest BCUT2D eigenvalue weighted by Crippen LogP contribution is 2.01. The standard InChI is InChI=1S/C11H18N2O4/c1-2-17-10(14)4-3-5-12-6-8-13(9-7-12)11(15)16/h3-4H,2,5-9H2,1H3,(H,15,16). The number of piperazine rings is 1. The first-order chi connectivity index (χ1) is 8.13. The van der Waals surface area contributed by atoms with Crippen molar-refractivity contribution in [2.24, 2.45) is 0 Å². The normalized spacial score (nSPS) is 17.4. The van der Waals surface area contributed by atoms with Gasteiger partial charge in [0.05, 0.1) is 6.61 Å². The molecule has 1 saturated heterocycles. The quantitative estimate of drug-likeness (QED) is 0.571. The second kappa shape index (κ2) is 6.90. The van der Waals surface area contributed by atoms with Gasteiger partial charge in [-0.3, -0.25) is 4.90 Å². The molecule has 0 bridgehead atoms. The number of esters is 1. The number of carboxylic acid groups (broad SMARTS) is 1. The summed E-state index contributed by atoms with van der Waals surface area (Å²) in [6, 6.07) is 0. The molecule has 0 spiro atoms. The van der Waals surface area contributed by atoms with Crippen LogP contribution in [0, 0.1) is 0 Å². The van der Waals surface area contributed by atoms with Crippen LogP contribution >= 0.6 is 0 Å². The molecule has 0 aromatic rings. The largest absolute Gasteiger partial charge is 0.465 e. The first-order valence-corrected chi connectivity index (χ1v) is 5.67. The molecule has 6 heteroatoms. The van der Waals surface area contributed by atoms with Crippen molar-refractivity contribution in [3.63, 3.8) is 0 Å². The van der Waals surface area contributed by atoms with Crippen molar-refractivity contribution in [2.45, 2.75) is 6.92 Å². The van der Waals surface area contributed by atoms with Crippen LogP contribution < -0.4 is 0 Å². The van der Waals surface area contributed by atoms with Crippen LogP contribution in [0.1, 0.15) is 6.92 Å². The Morgan fingerprint density at radius 3 is 2.47 bits per heavy atom. The highest BCUT2D eigenvalue weighted by atomic mass is 16.5. The zero-order chi connectivity index (χ0) is 12.7. The first kappa shape index (κ1) is 13.5. The van der Waals surface area contributed by atoms with Crippen molar-refractivity contribution >= 4 is 12.1 Å². The van der Waals surface area contributed by atoms with Gasteiger partial charge in [-0.15, -0.1) is 0 Å². The second-order valence-corrected chi connectivity index (χ2v) is 3.72. The number of ether oxygens (including phenoxy) is 1. The number of nitrogens with zero attached hydrogens (tertiary/aromatic N) is 2. The Bertz CT molecular complexity index is 296. The van der Waals surface area contributed by atoms with E-state index in [1.54, 1.807) is 13.0 Å². The molecule has 0 saturated carbocycles. The minimum absolute atomic E-state index is 0.336. The van der Waals surface area contributed by atoms with E-state index in [0.717, 1.165) is 0 Å². The fourth-order valence-electron chi connectivity index (χ4n) is 1.61. The molecular weight excluding hydrogens is 224 g/mol. The topological polar surface area (TPSA) is 70.1 Å². The van der Waals surface area contributed by atoms with E-state index in [1.807, 2.05) is 0 Å². The summed E-state index contributed by atoms with van der Waals surface area (Å²) in [7, 11) is 0. The number of rotatable bonds is 4. The fourth-order valence-corrected chi connectivity index (χ4v) is 1.61. The molecular formula is C11H18N2O4. The number of carbonyl (C=O) groups is 2. The summed E-state index contributed by atoms with van der Waals surface area (Å²) in [6.07, 6.45) is 2.29. The van der Waals surface area contributed by atoms with E-state index in [-0.39, 0.29) is 5.97 Å². The van der Waals surface area contributed by atoms with Crippen LogP contribution in [0.4, 0.5) is 4.79 Å². The molecule has 1 aliphatic heterocycles. The van der Waals surface area contributed by atoms with Gasteiger partial charge in [-0.2, -0.15) is 0 Å². The Balaban J connectivity index is 2.22. The van der Waals surface area contributed by atoms with Crippen molar-refractivity contribution in [3.05, 3.63) is 12.2 Å². The number of hydrogen-bond donors (Lipinski definition) is 1. The fraction of sp³-hybridized carbons (Fsp3) is 0.636.